The van der Waals surface area contributed by atoms with E-state index < -0.39 is 6.10 Å². The predicted molar refractivity (Wildman–Crippen MR) is 134 cm³/mol. The highest BCUT2D eigenvalue weighted by atomic mass is 16.6. The Balaban J connectivity index is 1.47. The van der Waals surface area contributed by atoms with Crippen LogP contribution >= 0.6 is 0 Å². The van der Waals surface area contributed by atoms with E-state index in [0.717, 1.165) is 44.9 Å². The van der Waals surface area contributed by atoms with Crippen LogP contribution in [0.4, 0.5) is 0 Å². The molecule has 0 spiro atoms. The highest BCUT2D eigenvalue weighted by Crippen LogP contribution is 2.74. The van der Waals surface area contributed by atoms with Crippen molar-refractivity contribution in [3.63, 3.8) is 0 Å². The number of rotatable bonds is 4. The maximum Gasteiger partial charge on any atom is 0.138 e. The molecule has 0 aromatic heterocycles. The number of aliphatic hydroxyl groups is 2. The molecule has 0 bridgehead atoms. The standard InChI is InChI=1S/C30H48O4/c1-17(15-21(32)25-27(4,5)34-25)18-9-13-29(7)19(18)16-20(31)24-28(6)12-11-23(33)26(2,3)22(28)10-14-30(24,29)8/h17,20-22,24-25,31-32H,9-16H2,1-8H3/t17-,20-,21-,22-,24+,25+,28-,29+,30-/m0/s1. The molecule has 5 aliphatic rings. The molecule has 0 unspecified atom stereocenters. The van der Waals surface area contributed by atoms with Gasteiger partial charge < -0.3 is 14.9 Å². The number of hydrogen-bond acceptors (Lipinski definition) is 4. The Morgan fingerprint density at radius 2 is 1.68 bits per heavy atom. The molecule has 3 saturated carbocycles. The van der Waals surface area contributed by atoms with Crippen molar-refractivity contribution in [2.45, 2.75) is 131 Å². The topological polar surface area (TPSA) is 70.1 Å². The van der Waals surface area contributed by atoms with E-state index in [9.17, 15) is 15.0 Å². The van der Waals surface area contributed by atoms with Crippen LogP contribution in [0.5, 0.6) is 0 Å². The van der Waals surface area contributed by atoms with Gasteiger partial charge in [0.15, 0.2) is 0 Å². The number of carbonyl (C=O) groups excluding carboxylic acids is 1. The molecule has 4 aliphatic carbocycles. The first-order chi connectivity index (χ1) is 15.6. The molecular weight excluding hydrogens is 424 g/mol. The smallest absolute Gasteiger partial charge is 0.138 e. The lowest BCUT2D eigenvalue weighted by molar-refractivity contribution is -0.208. The largest absolute Gasteiger partial charge is 0.392 e. The summed E-state index contributed by atoms with van der Waals surface area (Å²) in [6.07, 6.45) is 6.59. The van der Waals surface area contributed by atoms with Gasteiger partial charge in [-0.15, -0.1) is 0 Å². The number of fused-ring (bicyclic) bond motifs is 5. The number of ketones is 1. The summed E-state index contributed by atoms with van der Waals surface area (Å²) in [5, 5.41) is 22.6. The summed E-state index contributed by atoms with van der Waals surface area (Å²) in [4.78, 5) is 12.9. The molecular formula is C30H48O4. The van der Waals surface area contributed by atoms with Crippen LogP contribution in [-0.2, 0) is 9.53 Å². The minimum absolute atomic E-state index is 0.00216. The Labute approximate surface area is 206 Å². The van der Waals surface area contributed by atoms with E-state index in [1.807, 2.05) is 0 Å². The average molecular weight is 473 g/mol. The number of Topliss-reactive ketones (excluding diaryl/α,β-unsaturated/α-hetero) is 1. The summed E-state index contributed by atoms with van der Waals surface area (Å²) >= 11 is 0. The molecule has 1 saturated heterocycles. The van der Waals surface area contributed by atoms with E-state index in [0.29, 0.717) is 24.0 Å². The number of allylic oxidation sites excluding steroid dienone is 1. The molecule has 1 heterocycles. The third kappa shape index (κ3) is 3.16. The highest BCUT2D eigenvalue weighted by Gasteiger charge is 2.69. The Morgan fingerprint density at radius 3 is 2.29 bits per heavy atom. The normalized spacial score (nSPS) is 48.6. The van der Waals surface area contributed by atoms with Crippen molar-refractivity contribution < 1.29 is 19.7 Å². The first-order valence-electron chi connectivity index (χ1n) is 13.9. The van der Waals surface area contributed by atoms with E-state index in [-0.39, 0.29) is 45.4 Å². The quantitative estimate of drug-likeness (QED) is 0.398. The predicted octanol–water partition coefficient (Wildman–Crippen LogP) is 5.84. The van der Waals surface area contributed by atoms with Crippen molar-refractivity contribution in [2.24, 2.45) is 39.4 Å². The molecule has 5 rings (SSSR count). The highest BCUT2D eigenvalue weighted by molar-refractivity contribution is 5.85. The molecule has 1 aliphatic heterocycles. The average Bonchev–Trinajstić information content (AvgIpc) is 3.23. The second-order valence-corrected chi connectivity index (χ2v) is 14.6. The molecule has 4 fully saturated rings. The van der Waals surface area contributed by atoms with Gasteiger partial charge in [0.05, 0.1) is 17.8 Å². The zero-order valence-corrected chi connectivity index (χ0v) is 22.8. The third-order valence-electron chi connectivity index (χ3n) is 12.2. The molecule has 0 amide bonds. The van der Waals surface area contributed by atoms with Gasteiger partial charge in [-0.3, -0.25) is 4.79 Å². The second kappa shape index (κ2) is 7.42. The van der Waals surface area contributed by atoms with Gasteiger partial charge in [0.1, 0.15) is 11.9 Å². The van der Waals surface area contributed by atoms with Gasteiger partial charge in [-0.25, -0.2) is 0 Å². The molecule has 4 heteroatoms. The van der Waals surface area contributed by atoms with E-state index in [2.05, 4.69) is 55.4 Å². The molecule has 0 radical (unpaired) electrons. The summed E-state index contributed by atoms with van der Waals surface area (Å²) in [5.74, 6) is 1.28. The summed E-state index contributed by atoms with van der Waals surface area (Å²) < 4.78 is 5.72. The van der Waals surface area contributed by atoms with Crippen LogP contribution in [0, 0.1) is 39.4 Å². The molecule has 0 aromatic carbocycles. The second-order valence-electron chi connectivity index (χ2n) is 14.6. The zero-order chi connectivity index (χ0) is 25.1. The van der Waals surface area contributed by atoms with Gasteiger partial charge in [0.2, 0.25) is 0 Å². The van der Waals surface area contributed by atoms with Crippen molar-refractivity contribution in [1.82, 2.24) is 0 Å². The van der Waals surface area contributed by atoms with Crippen molar-refractivity contribution in [3.8, 4) is 0 Å². The van der Waals surface area contributed by atoms with E-state index in [1.54, 1.807) is 0 Å². The Morgan fingerprint density at radius 1 is 1.03 bits per heavy atom. The van der Waals surface area contributed by atoms with Crippen molar-refractivity contribution in [2.75, 3.05) is 0 Å². The fraction of sp³-hybridized carbons (Fsp3) is 0.900. The minimum Gasteiger partial charge on any atom is -0.392 e. The summed E-state index contributed by atoms with van der Waals surface area (Å²) in [5.41, 5.74) is 2.59. The van der Waals surface area contributed by atoms with E-state index >= 15 is 0 Å². The van der Waals surface area contributed by atoms with Gasteiger partial charge in [-0.2, -0.15) is 0 Å². The van der Waals surface area contributed by atoms with Gasteiger partial charge >= 0.3 is 0 Å². The number of hydrogen-bond donors (Lipinski definition) is 2. The van der Waals surface area contributed by atoms with Crippen LogP contribution in [-0.4, -0.2) is 39.9 Å². The number of aliphatic hydroxyl groups excluding tert-OH is 2. The third-order valence-corrected chi connectivity index (χ3v) is 12.2. The maximum atomic E-state index is 12.9. The lowest BCUT2D eigenvalue weighted by atomic mass is 9.36. The van der Waals surface area contributed by atoms with Gasteiger partial charge in [-0.1, -0.05) is 52.7 Å². The molecule has 4 nitrogen and oxygen atoms in total. The molecule has 34 heavy (non-hydrogen) atoms. The molecule has 192 valence electrons. The van der Waals surface area contributed by atoms with Crippen molar-refractivity contribution in [3.05, 3.63) is 11.1 Å². The first kappa shape index (κ1) is 25.0. The zero-order valence-electron chi connectivity index (χ0n) is 22.8. The van der Waals surface area contributed by atoms with Crippen LogP contribution in [0.3, 0.4) is 0 Å². The first-order valence-corrected chi connectivity index (χ1v) is 13.9. The lowest BCUT2D eigenvalue weighted by Crippen LogP contribution is -2.65. The van der Waals surface area contributed by atoms with Gasteiger partial charge in [0.25, 0.3) is 0 Å². The fourth-order valence-corrected chi connectivity index (χ4v) is 10.1. The van der Waals surface area contributed by atoms with Crippen LogP contribution in [0.2, 0.25) is 0 Å². The summed E-state index contributed by atoms with van der Waals surface area (Å²) in [6.45, 7) is 18.0. The Kier molecular flexibility index (Phi) is 5.44. The Hall–Kier alpha value is -0.710. The summed E-state index contributed by atoms with van der Waals surface area (Å²) in [6, 6.07) is 0. The monoisotopic (exact) mass is 472 g/mol. The van der Waals surface area contributed by atoms with Crippen LogP contribution in [0.1, 0.15) is 107 Å². The van der Waals surface area contributed by atoms with Gasteiger partial charge in [0, 0.05) is 11.8 Å². The number of carbonyl (C=O) groups is 1. The van der Waals surface area contributed by atoms with Crippen molar-refractivity contribution >= 4 is 5.78 Å². The number of epoxide rings is 1. The lowest BCUT2D eigenvalue weighted by Gasteiger charge is -2.69. The molecule has 9 atom stereocenters. The molecule has 2 N–H and O–H groups in total. The van der Waals surface area contributed by atoms with Crippen molar-refractivity contribution in [1.29, 1.82) is 0 Å². The minimum atomic E-state index is -0.432. The van der Waals surface area contributed by atoms with E-state index in [1.165, 1.54) is 11.1 Å². The maximum absolute atomic E-state index is 12.9. The van der Waals surface area contributed by atoms with Crippen LogP contribution < -0.4 is 0 Å². The SMILES string of the molecule is C[C@@H](C[C@H](O)[C@H]1OC1(C)C)C1=C2C[C@H](O)[C@@H]3[C@@]4(C)CCC(=O)C(C)(C)[C@@H]4CC[C@]3(C)[C@]2(C)CC1. The van der Waals surface area contributed by atoms with E-state index in [4.69, 9.17) is 4.74 Å². The number of ether oxygens (including phenoxy) is 1. The fourth-order valence-electron chi connectivity index (χ4n) is 10.1. The van der Waals surface area contributed by atoms with Gasteiger partial charge in [-0.05, 0) is 92.8 Å². The van der Waals surface area contributed by atoms with Crippen LogP contribution in [0.15, 0.2) is 11.1 Å². The Bertz CT molecular complexity index is 917. The van der Waals surface area contributed by atoms with Crippen LogP contribution in [0.25, 0.3) is 0 Å². The molecule has 0 aromatic rings. The summed E-state index contributed by atoms with van der Waals surface area (Å²) in [7, 11) is 0.